The molecule has 3 atom stereocenters. The van der Waals surface area contributed by atoms with Gasteiger partial charge in [0, 0.05) is 13.0 Å². The molecular formula is C54H93N2O6P. The molecule has 1 amide bonds. The molecule has 0 saturated carbocycles. The predicted octanol–water partition coefficient (Wildman–Crippen LogP) is 14.9. The molecule has 8 nitrogen and oxygen atoms in total. The number of phosphoric acid groups is 1. The Morgan fingerprint density at radius 3 is 1.41 bits per heavy atom. The maximum Gasteiger partial charge on any atom is 0.472 e. The summed E-state index contributed by atoms with van der Waals surface area (Å²) >= 11 is 0. The molecule has 5 N–H and O–H groups in total. The van der Waals surface area contributed by atoms with Crippen LogP contribution in [0.25, 0.3) is 0 Å². The van der Waals surface area contributed by atoms with E-state index in [0.717, 1.165) is 89.9 Å². The molecule has 0 aromatic rings. The Morgan fingerprint density at radius 1 is 0.540 bits per heavy atom. The highest BCUT2D eigenvalue weighted by Gasteiger charge is 2.26. The molecule has 0 bridgehead atoms. The van der Waals surface area contributed by atoms with Gasteiger partial charge in [-0.15, -0.1) is 0 Å². The van der Waals surface area contributed by atoms with Gasteiger partial charge in [0.1, 0.15) is 0 Å². The molecule has 0 fully saturated rings. The van der Waals surface area contributed by atoms with E-state index in [4.69, 9.17) is 14.8 Å². The standard InChI is InChI=1S/C54H93N2O6P/c1-3-5-7-9-11-13-15-17-19-21-23-25-26-28-30-32-34-36-38-40-42-44-46-48-54(58)56-52(51-62-63(59,60)61-50-49-55)53(57)47-45-43-41-39-37-35-33-31-29-27-24-22-20-18-16-14-12-10-8-6-4-2/h5,7,11,13,17,19,23,25,28-31,34,36-37,39,45,47,52-53,57H,3-4,6,8-10,12,14-16,18,20-22,24,26-27,32-33,35,38,40-44,46,48-51,55H2,1-2H3,(H,56,58)(H,59,60)/b7-5-,13-11-,19-17-,25-23-,30-28-,31-29+,36-34-,39-37+,47-45+. The molecule has 3 unspecified atom stereocenters. The fourth-order valence-electron chi connectivity index (χ4n) is 6.58. The Labute approximate surface area is 386 Å². The van der Waals surface area contributed by atoms with Gasteiger partial charge in [-0.2, -0.15) is 0 Å². The summed E-state index contributed by atoms with van der Waals surface area (Å²) < 4.78 is 22.2. The Kier molecular flexibility index (Phi) is 46.4. The van der Waals surface area contributed by atoms with E-state index >= 15 is 0 Å². The van der Waals surface area contributed by atoms with Crippen molar-refractivity contribution in [1.82, 2.24) is 5.32 Å². The van der Waals surface area contributed by atoms with Crippen molar-refractivity contribution in [2.45, 2.75) is 206 Å². The number of hydrogen-bond acceptors (Lipinski definition) is 6. The Balaban J connectivity index is 4.29. The number of aliphatic hydroxyl groups is 1. The summed E-state index contributed by atoms with van der Waals surface area (Å²) in [7, 11) is -4.37. The summed E-state index contributed by atoms with van der Waals surface area (Å²) in [5.41, 5.74) is 5.38. The van der Waals surface area contributed by atoms with Crippen LogP contribution in [0.1, 0.15) is 194 Å². The third-order valence-electron chi connectivity index (χ3n) is 10.3. The van der Waals surface area contributed by atoms with Gasteiger partial charge in [-0.1, -0.05) is 200 Å². The van der Waals surface area contributed by atoms with Gasteiger partial charge in [-0.05, 0) is 96.3 Å². The lowest BCUT2D eigenvalue weighted by molar-refractivity contribution is -0.123. The quantitative estimate of drug-likeness (QED) is 0.0272. The van der Waals surface area contributed by atoms with E-state index in [1.54, 1.807) is 6.08 Å². The van der Waals surface area contributed by atoms with Crippen LogP contribution in [0.4, 0.5) is 0 Å². The van der Waals surface area contributed by atoms with Crippen LogP contribution in [0.3, 0.4) is 0 Å². The smallest absolute Gasteiger partial charge is 0.387 e. The number of allylic oxidation sites excluding steroid dienone is 17. The Bertz CT molecular complexity index is 1350. The van der Waals surface area contributed by atoms with Crippen molar-refractivity contribution in [3.8, 4) is 0 Å². The third kappa shape index (κ3) is 47.0. The fraction of sp³-hybridized carbons (Fsp3) is 0.648. The van der Waals surface area contributed by atoms with Crippen LogP contribution in [0.5, 0.6) is 0 Å². The molecule has 0 heterocycles. The van der Waals surface area contributed by atoms with Crippen molar-refractivity contribution in [3.63, 3.8) is 0 Å². The highest BCUT2D eigenvalue weighted by Crippen LogP contribution is 2.43. The number of rotatable bonds is 45. The summed E-state index contributed by atoms with van der Waals surface area (Å²) in [5.74, 6) is -0.237. The fourth-order valence-corrected chi connectivity index (χ4v) is 7.34. The van der Waals surface area contributed by atoms with Gasteiger partial charge in [-0.3, -0.25) is 13.8 Å². The van der Waals surface area contributed by atoms with E-state index in [1.165, 1.54) is 77.0 Å². The third-order valence-corrected chi connectivity index (χ3v) is 11.3. The second kappa shape index (κ2) is 48.6. The van der Waals surface area contributed by atoms with Crippen molar-refractivity contribution < 1.29 is 28.4 Å². The molecule has 0 rings (SSSR count). The number of unbranched alkanes of at least 4 members (excludes halogenated alkanes) is 17. The number of phosphoric ester groups is 1. The van der Waals surface area contributed by atoms with Crippen LogP contribution < -0.4 is 11.1 Å². The topological polar surface area (TPSA) is 131 Å². The lowest BCUT2D eigenvalue weighted by Crippen LogP contribution is -2.45. The van der Waals surface area contributed by atoms with E-state index in [9.17, 15) is 19.4 Å². The molecule has 0 saturated heterocycles. The van der Waals surface area contributed by atoms with E-state index < -0.39 is 20.0 Å². The van der Waals surface area contributed by atoms with Gasteiger partial charge in [0.2, 0.25) is 5.91 Å². The number of nitrogens with one attached hydrogen (secondary N) is 1. The highest BCUT2D eigenvalue weighted by molar-refractivity contribution is 7.47. The minimum atomic E-state index is -4.37. The van der Waals surface area contributed by atoms with Crippen LogP contribution in [-0.2, 0) is 18.4 Å². The first-order valence-electron chi connectivity index (χ1n) is 25.0. The monoisotopic (exact) mass is 897 g/mol. The number of carbonyl (C=O) groups is 1. The SMILES string of the molecule is CC/C=C\C/C=C\C/C=C\C/C=C\C/C=C\C/C=C\CCCCCCC(=O)NC(COP(=O)(O)OCCN)C(O)/C=C/CC/C=C/CC/C=C/CCCCCCCCCCCCC. The lowest BCUT2D eigenvalue weighted by Gasteiger charge is -2.23. The highest BCUT2D eigenvalue weighted by atomic mass is 31.2. The number of carbonyl (C=O) groups excluding carboxylic acids is 1. The molecule has 0 aliphatic rings. The van der Waals surface area contributed by atoms with Crippen LogP contribution in [0, 0.1) is 0 Å². The molecule has 0 aliphatic carbocycles. The van der Waals surface area contributed by atoms with Gasteiger partial charge in [0.25, 0.3) is 0 Å². The molecule has 0 aliphatic heterocycles. The summed E-state index contributed by atoms with van der Waals surface area (Å²) in [5, 5.41) is 13.7. The second-order valence-electron chi connectivity index (χ2n) is 16.3. The summed E-state index contributed by atoms with van der Waals surface area (Å²) in [6.07, 6.45) is 68.7. The van der Waals surface area contributed by atoms with Gasteiger partial charge >= 0.3 is 7.82 Å². The molecule has 9 heteroatoms. The van der Waals surface area contributed by atoms with Crippen molar-refractivity contribution >= 4 is 13.7 Å². The van der Waals surface area contributed by atoms with Crippen molar-refractivity contribution in [3.05, 3.63) is 109 Å². The van der Waals surface area contributed by atoms with Crippen LogP contribution >= 0.6 is 7.82 Å². The number of hydrogen-bond donors (Lipinski definition) is 4. The van der Waals surface area contributed by atoms with E-state index in [1.807, 2.05) is 6.08 Å². The Morgan fingerprint density at radius 2 is 0.937 bits per heavy atom. The van der Waals surface area contributed by atoms with E-state index in [2.05, 4.69) is 116 Å². The predicted molar refractivity (Wildman–Crippen MR) is 272 cm³/mol. The van der Waals surface area contributed by atoms with Crippen molar-refractivity contribution in [2.24, 2.45) is 5.73 Å². The van der Waals surface area contributed by atoms with Crippen molar-refractivity contribution in [1.29, 1.82) is 0 Å². The van der Waals surface area contributed by atoms with Crippen LogP contribution in [0.2, 0.25) is 0 Å². The zero-order valence-electron chi connectivity index (χ0n) is 40.0. The first-order valence-corrected chi connectivity index (χ1v) is 26.5. The van der Waals surface area contributed by atoms with Gasteiger partial charge < -0.3 is 21.1 Å². The van der Waals surface area contributed by atoms with Crippen LogP contribution in [0.15, 0.2) is 109 Å². The first kappa shape index (κ1) is 60.2. The van der Waals surface area contributed by atoms with E-state index in [0.29, 0.717) is 12.8 Å². The molecule has 0 aromatic heterocycles. The summed E-state index contributed by atoms with van der Waals surface area (Å²) in [4.78, 5) is 22.8. The minimum Gasteiger partial charge on any atom is -0.387 e. The lowest BCUT2D eigenvalue weighted by atomic mass is 10.1. The van der Waals surface area contributed by atoms with Gasteiger partial charge in [0.05, 0.1) is 25.4 Å². The molecule has 0 aromatic carbocycles. The van der Waals surface area contributed by atoms with Gasteiger partial charge in [-0.25, -0.2) is 4.57 Å². The average Bonchev–Trinajstić information content (AvgIpc) is 3.27. The maximum atomic E-state index is 12.8. The number of aliphatic hydroxyl groups excluding tert-OH is 1. The molecular weight excluding hydrogens is 804 g/mol. The minimum absolute atomic E-state index is 0.0610. The normalized spacial score (nSPS) is 14.8. The Hall–Kier alpha value is -2.84. The summed E-state index contributed by atoms with van der Waals surface area (Å²) in [6, 6.07) is -0.906. The first-order chi connectivity index (χ1) is 30.9. The zero-order valence-corrected chi connectivity index (χ0v) is 40.9. The van der Waals surface area contributed by atoms with E-state index in [-0.39, 0.29) is 25.7 Å². The van der Waals surface area contributed by atoms with Crippen LogP contribution in [-0.4, -0.2) is 47.8 Å². The summed E-state index contributed by atoms with van der Waals surface area (Å²) in [6.45, 7) is 3.96. The van der Waals surface area contributed by atoms with Crippen molar-refractivity contribution in [2.75, 3.05) is 19.8 Å². The molecule has 360 valence electrons. The average molecular weight is 897 g/mol. The van der Waals surface area contributed by atoms with Gasteiger partial charge in [0.15, 0.2) is 0 Å². The second-order valence-corrected chi connectivity index (χ2v) is 17.7. The molecule has 0 spiro atoms. The maximum absolute atomic E-state index is 12.8. The molecule has 0 radical (unpaired) electrons. The molecule has 63 heavy (non-hydrogen) atoms. The largest absolute Gasteiger partial charge is 0.472 e. The zero-order chi connectivity index (χ0) is 46.0. The number of nitrogens with two attached hydrogens (primary N) is 1. The number of amides is 1.